The summed E-state index contributed by atoms with van der Waals surface area (Å²) in [6, 6.07) is 17.3. The molecule has 0 heterocycles. The summed E-state index contributed by atoms with van der Waals surface area (Å²) >= 11 is 0. The summed E-state index contributed by atoms with van der Waals surface area (Å²) in [5.74, 6) is -0.820. The molecule has 2 amide bonds. The van der Waals surface area contributed by atoms with Crippen molar-refractivity contribution in [2.75, 3.05) is 6.61 Å². The molecule has 3 rings (SSSR count). The number of carbonyl (C=O) groups is 3. The van der Waals surface area contributed by atoms with Crippen LogP contribution in [0.5, 0.6) is 5.75 Å². The molecular formula is C29H38N2O5. The Hall–Kier alpha value is -3.19. The third-order valence-corrected chi connectivity index (χ3v) is 6.51. The van der Waals surface area contributed by atoms with Crippen molar-refractivity contribution in [2.24, 2.45) is 17.8 Å². The van der Waals surface area contributed by atoms with E-state index >= 15 is 0 Å². The summed E-state index contributed by atoms with van der Waals surface area (Å²) in [5.41, 5.74) is 0.878. The Bertz CT molecular complexity index is 1010. The number of amides is 2. The van der Waals surface area contributed by atoms with Gasteiger partial charge in [0.2, 0.25) is 11.8 Å². The second-order valence-electron chi connectivity index (χ2n) is 10.2. The van der Waals surface area contributed by atoms with Gasteiger partial charge < -0.3 is 20.5 Å². The largest absolute Gasteiger partial charge is 0.493 e. The lowest BCUT2D eigenvalue weighted by molar-refractivity contribution is -0.131. The van der Waals surface area contributed by atoms with Crippen LogP contribution in [-0.4, -0.2) is 47.5 Å². The molecule has 194 valence electrons. The molecule has 0 aliphatic heterocycles. The molecule has 7 nitrogen and oxygen atoms in total. The molecule has 2 aromatic carbocycles. The maximum absolute atomic E-state index is 13.3. The normalized spacial score (nSPS) is 19.5. The first-order chi connectivity index (χ1) is 17.2. The van der Waals surface area contributed by atoms with Gasteiger partial charge in [0.25, 0.3) is 0 Å². The van der Waals surface area contributed by atoms with E-state index in [0.29, 0.717) is 12.2 Å². The lowest BCUT2D eigenvalue weighted by Crippen LogP contribution is -2.55. The number of para-hydroxylation sites is 1. The third-order valence-electron chi connectivity index (χ3n) is 6.51. The molecular weight excluding hydrogens is 456 g/mol. The number of hydrogen-bond donors (Lipinski definition) is 3. The Morgan fingerprint density at radius 3 is 2.14 bits per heavy atom. The van der Waals surface area contributed by atoms with Crippen LogP contribution in [0, 0.1) is 17.8 Å². The number of aliphatic hydroxyl groups excluding tert-OH is 1. The molecule has 0 radical (unpaired) electrons. The smallest absolute Gasteiger partial charge is 0.242 e. The fourth-order valence-electron chi connectivity index (χ4n) is 4.54. The molecule has 0 saturated heterocycles. The molecule has 2 aromatic rings. The van der Waals surface area contributed by atoms with Gasteiger partial charge in [-0.3, -0.25) is 14.4 Å². The summed E-state index contributed by atoms with van der Waals surface area (Å²) in [5, 5.41) is 16.9. The van der Waals surface area contributed by atoms with Crippen LogP contribution in [-0.2, 0) is 14.4 Å². The van der Waals surface area contributed by atoms with E-state index < -0.39 is 24.1 Å². The quantitative estimate of drug-likeness (QED) is 0.396. The van der Waals surface area contributed by atoms with Gasteiger partial charge in [-0.25, -0.2) is 0 Å². The van der Waals surface area contributed by atoms with Crippen molar-refractivity contribution < 1.29 is 24.2 Å². The maximum Gasteiger partial charge on any atom is 0.242 e. The Kier molecular flexibility index (Phi) is 9.65. The molecule has 2 unspecified atom stereocenters. The van der Waals surface area contributed by atoms with Crippen molar-refractivity contribution in [2.45, 2.75) is 64.6 Å². The van der Waals surface area contributed by atoms with E-state index in [1.54, 1.807) is 0 Å². The van der Waals surface area contributed by atoms with Crippen LogP contribution in [0.4, 0.5) is 0 Å². The van der Waals surface area contributed by atoms with E-state index in [4.69, 9.17) is 4.74 Å². The Balaban J connectivity index is 1.60. The van der Waals surface area contributed by atoms with Crippen LogP contribution in [0.15, 0.2) is 60.7 Å². The van der Waals surface area contributed by atoms with Gasteiger partial charge in [-0.1, -0.05) is 76.2 Å². The first-order valence-corrected chi connectivity index (χ1v) is 12.7. The van der Waals surface area contributed by atoms with Crippen molar-refractivity contribution in [3.05, 3.63) is 66.2 Å². The minimum atomic E-state index is -1.01. The number of hydrogen-bond acceptors (Lipinski definition) is 5. The van der Waals surface area contributed by atoms with E-state index in [1.807, 2.05) is 88.4 Å². The van der Waals surface area contributed by atoms with E-state index in [1.165, 1.54) is 0 Å². The van der Waals surface area contributed by atoms with Crippen molar-refractivity contribution in [3.8, 4) is 5.75 Å². The van der Waals surface area contributed by atoms with Crippen molar-refractivity contribution >= 4 is 17.6 Å². The highest BCUT2D eigenvalue weighted by Crippen LogP contribution is 2.46. The van der Waals surface area contributed by atoms with Gasteiger partial charge >= 0.3 is 0 Å². The zero-order valence-corrected chi connectivity index (χ0v) is 21.5. The van der Waals surface area contributed by atoms with E-state index in [0.717, 1.165) is 5.56 Å². The lowest BCUT2D eigenvalue weighted by atomic mass is 9.92. The fourth-order valence-corrected chi connectivity index (χ4v) is 4.54. The molecule has 5 atom stereocenters. The molecule has 0 aromatic heterocycles. The minimum absolute atomic E-state index is 0.0148. The average Bonchev–Trinajstić information content (AvgIpc) is 3.53. The van der Waals surface area contributed by atoms with Gasteiger partial charge in [0.15, 0.2) is 0 Å². The number of carbonyl (C=O) groups excluding carboxylic acids is 3. The Morgan fingerprint density at radius 2 is 1.56 bits per heavy atom. The molecule has 0 bridgehead atoms. The molecule has 1 aliphatic carbocycles. The van der Waals surface area contributed by atoms with Crippen molar-refractivity contribution in [3.63, 3.8) is 0 Å². The zero-order chi connectivity index (χ0) is 26.2. The van der Waals surface area contributed by atoms with Gasteiger partial charge in [-0.05, 0) is 36.0 Å². The standard InChI is InChI=1S/C29H38N2O5/c1-18(2)17-22(30-23(32)15-16-36-21-13-9-6-10-14-21)29(35)31-26(19(3)4)28(34)25-24(27(25)33)20-11-7-5-8-12-20/h5-14,18-19,22,24-26,28,34H,15-17H2,1-4H3,(H,30,32)(H,31,35)/t22-,24?,25?,26-,28-/m0/s1. The van der Waals surface area contributed by atoms with Gasteiger partial charge in [0.05, 0.1) is 37.0 Å². The number of ether oxygens (including phenoxy) is 1. The highest BCUT2D eigenvalue weighted by atomic mass is 16.5. The second kappa shape index (κ2) is 12.7. The van der Waals surface area contributed by atoms with Crippen molar-refractivity contribution in [1.29, 1.82) is 0 Å². The topological polar surface area (TPSA) is 105 Å². The number of benzene rings is 2. The molecule has 36 heavy (non-hydrogen) atoms. The van der Waals surface area contributed by atoms with Crippen LogP contribution in [0.3, 0.4) is 0 Å². The summed E-state index contributed by atoms with van der Waals surface area (Å²) < 4.78 is 5.59. The lowest BCUT2D eigenvalue weighted by Gasteiger charge is -2.30. The highest BCUT2D eigenvalue weighted by molar-refractivity contribution is 6.05. The molecule has 7 heteroatoms. The van der Waals surface area contributed by atoms with E-state index in [9.17, 15) is 19.5 Å². The predicted octanol–water partition coefficient (Wildman–Crippen LogP) is 3.47. The number of Topliss-reactive ketones (excluding diaryl/α,β-unsaturated/α-hetero) is 1. The van der Waals surface area contributed by atoms with Crippen LogP contribution in [0.1, 0.15) is 52.0 Å². The highest BCUT2D eigenvalue weighted by Gasteiger charge is 2.56. The van der Waals surface area contributed by atoms with Gasteiger partial charge in [0.1, 0.15) is 17.6 Å². The fraction of sp³-hybridized carbons (Fsp3) is 0.483. The predicted molar refractivity (Wildman–Crippen MR) is 138 cm³/mol. The van der Waals surface area contributed by atoms with Gasteiger partial charge in [-0.2, -0.15) is 0 Å². The second-order valence-corrected chi connectivity index (χ2v) is 10.2. The number of nitrogens with one attached hydrogen (secondary N) is 2. The number of ketones is 1. The number of rotatable bonds is 13. The molecule has 1 saturated carbocycles. The summed E-state index contributed by atoms with van der Waals surface area (Å²) in [6.45, 7) is 7.95. The SMILES string of the molecule is CC(C)C[C@H](NC(=O)CCOc1ccccc1)C(=O)N[C@@H](C(C)C)[C@@H](O)C1C(=O)C1c1ccccc1. The van der Waals surface area contributed by atoms with Gasteiger partial charge in [-0.15, -0.1) is 0 Å². The Morgan fingerprint density at radius 1 is 0.944 bits per heavy atom. The van der Waals surface area contributed by atoms with E-state index in [2.05, 4.69) is 10.6 Å². The zero-order valence-electron chi connectivity index (χ0n) is 21.5. The average molecular weight is 495 g/mol. The molecule has 0 spiro atoms. The summed E-state index contributed by atoms with van der Waals surface area (Å²) in [4.78, 5) is 38.4. The molecule has 3 N–H and O–H groups in total. The molecule has 1 aliphatic rings. The van der Waals surface area contributed by atoms with Crippen molar-refractivity contribution in [1.82, 2.24) is 10.6 Å². The van der Waals surface area contributed by atoms with Crippen LogP contribution >= 0.6 is 0 Å². The summed E-state index contributed by atoms with van der Waals surface area (Å²) in [7, 11) is 0. The van der Waals surface area contributed by atoms with Crippen LogP contribution < -0.4 is 15.4 Å². The Labute approximate surface area is 213 Å². The first-order valence-electron chi connectivity index (χ1n) is 12.7. The summed E-state index contributed by atoms with van der Waals surface area (Å²) in [6.07, 6.45) is -0.448. The van der Waals surface area contributed by atoms with E-state index in [-0.39, 0.29) is 48.4 Å². The van der Waals surface area contributed by atoms with Crippen LogP contribution in [0.25, 0.3) is 0 Å². The maximum atomic E-state index is 13.3. The van der Waals surface area contributed by atoms with Crippen LogP contribution in [0.2, 0.25) is 0 Å². The first kappa shape index (κ1) is 27.4. The third kappa shape index (κ3) is 7.40. The molecule has 1 fully saturated rings. The number of aliphatic hydroxyl groups is 1. The monoisotopic (exact) mass is 494 g/mol. The minimum Gasteiger partial charge on any atom is -0.493 e. The van der Waals surface area contributed by atoms with Gasteiger partial charge in [0, 0.05) is 0 Å².